The molecule has 0 fully saturated rings. The highest BCUT2D eigenvalue weighted by Crippen LogP contribution is 2.19. The van der Waals surface area contributed by atoms with Crippen LogP contribution < -0.4 is 0 Å². The van der Waals surface area contributed by atoms with Crippen LogP contribution in [0.4, 0.5) is 0 Å². The lowest BCUT2D eigenvalue weighted by Gasteiger charge is -2.04. The van der Waals surface area contributed by atoms with E-state index in [1.165, 1.54) is 6.92 Å². The molecule has 0 aromatic heterocycles. The van der Waals surface area contributed by atoms with Crippen LogP contribution >= 0.6 is 0 Å². The maximum atomic E-state index is 11.0. The molecular weight excluding hydrogens is 186 g/mol. The molecule has 0 unspecified atom stereocenters. The molecule has 15 heavy (non-hydrogen) atoms. The van der Waals surface area contributed by atoms with E-state index in [2.05, 4.69) is 6.07 Å². The van der Waals surface area contributed by atoms with Gasteiger partial charge in [0.25, 0.3) is 0 Å². The van der Waals surface area contributed by atoms with Crippen molar-refractivity contribution >= 4 is 11.4 Å². The van der Waals surface area contributed by atoms with Crippen LogP contribution in [-0.2, 0) is 4.79 Å². The van der Waals surface area contributed by atoms with Crippen molar-refractivity contribution in [2.75, 3.05) is 0 Å². The molecular formula is C13H13NO. The summed E-state index contributed by atoms with van der Waals surface area (Å²) < 4.78 is 0. The molecule has 76 valence electrons. The third-order valence-corrected chi connectivity index (χ3v) is 2.03. The van der Waals surface area contributed by atoms with Gasteiger partial charge in [0.1, 0.15) is 0 Å². The van der Waals surface area contributed by atoms with E-state index >= 15 is 0 Å². The Kier molecular flexibility index (Phi) is 4.30. The first-order valence-corrected chi connectivity index (χ1v) is 4.87. The number of allylic oxidation sites excluding steroid dienone is 2. The number of nitrogens with zero attached hydrogens (tertiary/aromatic N) is 1. The second-order valence-corrected chi connectivity index (χ2v) is 3.30. The van der Waals surface area contributed by atoms with Crippen LogP contribution in [0.15, 0.2) is 36.4 Å². The van der Waals surface area contributed by atoms with Crippen LogP contribution in [-0.4, -0.2) is 5.78 Å². The molecule has 0 bridgehead atoms. The predicted molar refractivity (Wildman–Crippen MR) is 59.9 cm³/mol. The molecule has 0 N–H and O–H groups in total. The molecule has 2 nitrogen and oxygen atoms in total. The highest BCUT2D eigenvalue weighted by atomic mass is 16.1. The topological polar surface area (TPSA) is 40.9 Å². The minimum atomic E-state index is 0.0202. The standard InChI is InChI=1S/C13H13NO/c1-11(15)10-13(8-5-9-14)12-6-3-2-4-7-12/h2-4,6-7,10H,5,8H2,1H3/b13-10-. The van der Waals surface area contributed by atoms with Gasteiger partial charge in [-0.25, -0.2) is 0 Å². The van der Waals surface area contributed by atoms with Gasteiger partial charge in [0.05, 0.1) is 6.07 Å². The molecule has 2 heteroatoms. The summed E-state index contributed by atoms with van der Waals surface area (Å²) in [6.07, 6.45) is 2.67. The first-order valence-electron chi connectivity index (χ1n) is 4.87. The number of carbonyl (C=O) groups is 1. The van der Waals surface area contributed by atoms with Crippen molar-refractivity contribution in [1.82, 2.24) is 0 Å². The summed E-state index contributed by atoms with van der Waals surface area (Å²) in [7, 11) is 0. The Bertz CT molecular complexity index is 398. The summed E-state index contributed by atoms with van der Waals surface area (Å²) >= 11 is 0. The molecule has 0 radical (unpaired) electrons. The molecule has 0 heterocycles. The fourth-order valence-electron chi connectivity index (χ4n) is 1.39. The highest BCUT2D eigenvalue weighted by molar-refractivity contribution is 5.95. The maximum Gasteiger partial charge on any atom is 0.152 e. The summed E-state index contributed by atoms with van der Waals surface area (Å²) in [5.41, 5.74) is 1.95. The Hall–Kier alpha value is -1.88. The molecule has 1 aromatic carbocycles. The van der Waals surface area contributed by atoms with Crippen LogP contribution in [0.25, 0.3) is 5.57 Å². The lowest BCUT2D eigenvalue weighted by Crippen LogP contribution is -1.89. The zero-order valence-corrected chi connectivity index (χ0v) is 8.73. The van der Waals surface area contributed by atoms with Crippen molar-refractivity contribution in [3.63, 3.8) is 0 Å². The van der Waals surface area contributed by atoms with Gasteiger partial charge in [-0.1, -0.05) is 30.3 Å². The summed E-state index contributed by atoms with van der Waals surface area (Å²) in [6.45, 7) is 1.52. The summed E-state index contributed by atoms with van der Waals surface area (Å²) in [5, 5.41) is 8.53. The van der Waals surface area contributed by atoms with E-state index in [9.17, 15) is 4.79 Å². The highest BCUT2D eigenvalue weighted by Gasteiger charge is 2.01. The van der Waals surface area contributed by atoms with E-state index in [1.807, 2.05) is 30.3 Å². The number of hydrogen-bond acceptors (Lipinski definition) is 2. The van der Waals surface area contributed by atoms with Gasteiger partial charge in [0, 0.05) is 6.42 Å². The van der Waals surface area contributed by atoms with Crippen LogP contribution in [0.2, 0.25) is 0 Å². The smallest absolute Gasteiger partial charge is 0.152 e. The zero-order chi connectivity index (χ0) is 11.1. The third kappa shape index (κ3) is 3.78. The summed E-state index contributed by atoms with van der Waals surface area (Å²) in [4.78, 5) is 11.0. The number of rotatable bonds is 4. The van der Waals surface area contributed by atoms with Gasteiger partial charge in [0.2, 0.25) is 0 Å². The summed E-state index contributed by atoms with van der Waals surface area (Å²) in [5.74, 6) is 0.0202. The molecule has 0 amide bonds. The average molecular weight is 199 g/mol. The first-order chi connectivity index (χ1) is 7.24. The van der Waals surface area contributed by atoms with E-state index in [0.717, 1.165) is 11.1 Å². The molecule has 0 spiro atoms. The minimum Gasteiger partial charge on any atom is -0.295 e. The number of carbonyl (C=O) groups excluding carboxylic acids is 1. The van der Waals surface area contributed by atoms with Crippen molar-refractivity contribution in [2.45, 2.75) is 19.8 Å². The van der Waals surface area contributed by atoms with Crippen LogP contribution in [0.5, 0.6) is 0 Å². The number of nitriles is 1. The van der Waals surface area contributed by atoms with Crippen molar-refractivity contribution < 1.29 is 4.79 Å². The number of benzene rings is 1. The molecule has 0 saturated carbocycles. The van der Waals surface area contributed by atoms with E-state index in [1.54, 1.807) is 6.08 Å². The second-order valence-electron chi connectivity index (χ2n) is 3.30. The molecule has 0 aliphatic heterocycles. The fourth-order valence-corrected chi connectivity index (χ4v) is 1.39. The van der Waals surface area contributed by atoms with Gasteiger partial charge in [-0.05, 0) is 30.6 Å². The molecule has 0 saturated heterocycles. The van der Waals surface area contributed by atoms with Gasteiger partial charge >= 0.3 is 0 Å². The van der Waals surface area contributed by atoms with E-state index in [0.29, 0.717) is 12.8 Å². The van der Waals surface area contributed by atoms with Crippen molar-refractivity contribution in [3.8, 4) is 6.07 Å². The number of ketones is 1. The lowest BCUT2D eigenvalue weighted by atomic mass is 10.0. The summed E-state index contributed by atoms with van der Waals surface area (Å²) in [6, 6.07) is 11.8. The van der Waals surface area contributed by atoms with Crippen LogP contribution in [0.3, 0.4) is 0 Å². The van der Waals surface area contributed by atoms with E-state index in [-0.39, 0.29) is 5.78 Å². The first kappa shape index (κ1) is 11.2. The van der Waals surface area contributed by atoms with Crippen molar-refractivity contribution in [3.05, 3.63) is 42.0 Å². The van der Waals surface area contributed by atoms with Crippen LogP contribution in [0.1, 0.15) is 25.3 Å². The molecule has 0 aliphatic rings. The van der Waals surface area contributed by atoms with Crippen LogP contribution in [0, 0.1) is 11.3 Å². The molecule has 1 aromatic rings. The quantitative estimate of drug-likeness (QED) is 0.699. The second kappa shape index (κ2) is 5.77. The molecule has 1 rings (SSSR count). The Labute approximate surface area is 89.9 Å². The van der Waals surface area contributed by atoms with Gasteiger partial charge in [-0.3, -0.25) is 4.79 Å². The largest absolute Gasteiger partial charge is 0.295 e. The average Bonchev–Trinajstić information content (AvgIpc) is 2.25. The van der Waals surface area contributed by atoms with Gasteiger partial charge in [-0.2, -0.15) is 5.26 Å². The number of hydrogen-bond donors (Lipinski definition) is 0. The Balaban J connectivity index is 2.92. The Morgan fingerprint density at radius 2 is 2.07 bits per heavy atom. The maximum absolute atomic E-state index is 11.0. The fraction of sp³-hybridized carbons (Fsp3) is 0.231. The van der Waals surface area contributed by atoms with Gasteiger partial charge in [-0.15, -0.1) is 0 Å². The predicted octanol–water partition coefficient (Wildman–Crippen LogP) is 2.96. The lowest BCUT2D eigenvalue weighted by molar-refractivity contribution is -0.112. The molecule has 0 atom stereocenters. The van der Waals surface area contributed by atoms with E-state index in [4.69, 9.17) is 5.26 Å². The monoisotopic (exact) mass is 199 g/mol. The zero-order valence-electron chi connectivity index (χ0n) is 8.73. The minimum absolute atomic E-state index is 0.0202. The normalized spacial score (nSPS) is 10.8. The van der Waals surface area contributed by atoms with E-state index < -0.39 is 0 Å². The SMILES string of the molecule is CC(=O)/C=C(/CCC#N)c1ccccc1. The Morgan fingerprint density at radius 1 is 1.40 bits per heavy atom. The van der Waals surface area contributed by atoms with Crippen molar-refractivity contribution in [2.24, 2.45) is 0 Å². The van der Waals surface area contributed by atoms with Crippen molar-refractivity contribution in [1.29, 1.82) is 5.26 Å². The molecule has 0 aliphatic carbocycles. The Morgan fingerprint density at radius 3 is 2.60 bits per heavy atom. The van der Waals surface area contributed by atoms with Gasteiger partial charge in [0.15, 0.2) is 5.78 Å². The van der Waals surface area contributed by atoms with Gasteiger partial charge < -0.3 is 0 Å². The third-order valence-electron chi connectivity index (χ3n) is 2.03.